The number of rotatable bonds is 13. The SMILES string of the molecule is CC(C)C(NCCCCCCNC(C(=O)OC(N)=O)C(C)C)C(=O)OC(N)=O. The number of hydrogen-bond donors (Lipinski definition) is 4. The van der Waals surface area contributed by atoms with Crippen LogP contribution in [0.3, 0.4) is 0 Å². The van der Waals surface area contributed by atoms with E-state index in [2.05, 4.69) is 20.1 Å². The van der Waals surface area contributed by atoms with Gasteiger partial charge in [-0.25, -0.2) is 19.2 Å². The zero-order valence-electron chi connectivity index (χ0n) is 17.2. The Morgan fingerprint density at radius 2 is 1.00 bits per heavy atom. The first-order valence-electron chi connectivity index (χ1n) is 9.55. The second kappa shape index (κ2) is 13.9. The Balaban J connectivity index is 4.03. The predicted molar refractivity (Wildman–Crippen MR) is 103 cm³/mol. The van der Waals surface area contributed by atoms with Gasteiger partial charge in [-0.1, -0.05) is 40.5 Å². The fourth-order valence-corrected chi connectivity index (χ4v) is 2.63. The monoisotopic (exact) mass is 402 g/mol. The van der Waals surface area contributed by atoms with Gasteiger partial charge in [-0.2, -0.15) is 0 Å². The molecular weight excluding hydrogens is 368 g/mol. The number of ether oxygens (including phenoxy) is 2. The fourth-order valence-electron chi connectivity index (χ4n) is 2.63. The van der Waals surface area contributed by atoms with E-state index < -0.39 is 36.2 Å². The molecule has 10 nitrogen and oxygen atoms in total. The third kappa shape index (κ3) is 11.5. The van der Waals surface area contributed by atoms with Crippen molar-refractivity contribution in [2.75, 3.05) is 13.1 Å². The standard InChI is InChI=1S/C18H34N4O6/c1-11(2)13(15(23)27-17(19)25)21-9-7-5-6-8-10-22-14(12(3)4)16(24)28-18(20)26/h11-14,21-22H,5-10H2,1-4H3,(H2,19,25)(H2,20,26). The van der Waals surface area contributed by atoms with Gasteiger partial charge in [0.25, 0.3) is 0 Å². The lowest BCUT2D eigenvalue weighted by atomic mass is 10.0. The third-order valence-corrected chi connectivity index (χ3v) is 4.08. The van der Waals surface area contributed by atoms with E-state index in [4.69, 9.17) is 11.5 Å². The molecule has 2 unspecified atom stereocenters. The highest BCUT2D eigenvalue weighted by atomic mass is 16.6. The molecule has 2 amide bonds. The first kappa shape index (κ1) is 25.8. The van der Waals surface area contributed by atoms with Crippen LogP contribution in [0.2, 0.25) is 0 Å². The zero-order chi connectivity index (χ0) is 21.7. The molecular formula is C18H34N4O6. The van der Waals surface area contributed by atoms with E-state index in [1.807, 2.05) is 27.7 Å². The molecule has 0 aromatic carbocycles. The summed E-state index contributed by atoms with van der Waals surface area (Å²) in [6.07, 6.45) is 1.30. The van der Waals surface area contributed by atoms with Gasteiger partial charge in [0, 0.05) is 0 Å². The van der Waals surface area contributed by atoms with Crippen molar-refractivity contribution in [2.24, 2.45) is 23.3 Å². The van der Waals surface area contributed by atoms with Crippen molar-refractivity contribution in [1.29, 1.82) is 0 Å². The molecule has 0 saturated heterocycles. The maximum absolute atomic E-state index is 11.8. The van der Waals surface area contributed by atoms with E-state index in [9.17, 15) is 19.2 Å². The highest BCUT2D eigenvalue weighted by Gasteiger charge is 2.25. The highest BCUT2D eigenvalue weighted by Crippen LogP contribution is 2.07. The van der Waals surface area contributed by atoms with Gasteiger partial charge in [0.05, 0.1) is 0 Å². The molecule has 28 heavy (non-hydrogen) atoms. The van der Waals surface area contributed by atoms with Crippen molar-refractivity contribution in [3.8, 4) is 0 Å². The van der Waals surface area contributed by atoms with Crippen LogP contribution >= 0.6 is 0 Å². The van der Waals surface area contributed by atoms with E-state index in [1.54, 1.807) is 0 Å². The summed E-state index contributed by atoms with van der Waals surface area (Å²) < 4.78 is 8.86. The highest BCUT2D eigenvalue weighted by molar-refractivity contribution is 5.87. The van der Waals surface area contributed by atoms with Gasteiger partial charge in [0.2, 0.25) is 0 Å². The summed E-state index contributed by atoms with van der Waals surface area (Å²) in [4.78, 5) is 44.9. The minimum absolute atomic E-state index is 0.0378. The Hall–Kier alpha value is -2.20. The topological polar surface area (TPSA) is 163 Å². The molecule has 10 heteroatoms. The van der Waals surface area contributed by atoms with E-state index in [0.29, 0.717) is 13.1 Å². The quantitative estimate of drug-likeness (QED) is 0.201. The Bertz CT molecular complexity index is 478. The van der Waals surface area contributed by atoms with Crippen LogP contribution in [-0.4, -0.2) is 49.3 Å². The van der Waals surface area contributed by atoms with Crippen LogP contribution in [0, 0.1) is 11.8 Å². The average molecular weight is 402 g/mol. The van der Waals surface area contributed by atoms with Crippen LogP contribution in [0.5, 0.6) is 0 Å². The molecule has 162 valence electrons. The molecule has 0 radical (unpaired) electrons. The van der Waals surface area contributed by atoms with Crippen LogP contribution in [0.4, 0.5) is 9.59 Å². The fraction of sp³-hybridized carbons (Fsp3) is 0.778. The summed E-state index contributed by atoms with van der Waals surface area (Å²) in [5.41, 5.74) is 9.74. The lowest BCUT2D eigenvalue weighted by Crippen LogP contribution is -2.44. The molecule has 0 heterocycles. The average Bonchev–Trinajstić information content (AvgIpc) is 2.54. The van der Waals surface area contributed by atoms with Crippen molar-refractivity contribution in [3.05, 3.63) is 0 Å². The Labute approximate surface area is 166 Å². The molecule has 0 aliphatic rings. The lowest BCUT2D eigenvalue weighted by Gasteiger charge is -2.20. The summed E-state index contributed by atoms with van der Waals surface area (Å²) in [7, 11) is 0. The van der Waals surface area contributed by atoms with Gasteiger partial charge in [0.1, 0.15) is 12.1 Å². The maximum Gasteiger partial charge on any atom is 0.412 e. The van der Waals surface area contributed by atoms with Crippen LogP contribution in [0.1, 0.15) is 53.4 Å². The molecule has 0 fully saturated rings. The van der Waals surface area contributed by atoms with E-state index in [0.717, 1.165) is 25.7 Å². The molecule has 0 saturated carbocycles. The van der Waals surface area contributed by atoms with E-state index in [-0.39, 0.29) is 11.8 Å². The minimum Gasteiger partial charge on any atom is -0.375 e. The molecule has 6 N–H and O–H groups in total. The van der Waals surface area contributed by atoms with Crippen molar-refractivity contribution < 1.29 is 28.7 Å². The molecule has 0 bridgehead atoms. The number of nitrogens with two attached hydrogens (primary N) is 2. The number of carbonyl (C=O) groups is 4. The number of hydrogen-bond acceptors (Lipinski definition) is 8. The molecule has 0 aliphatic heterocycles. The molecule has 2 atom stereocenters. The first-order valence-corrected chi connectivity index (χ1v) is 9.55. The van der Waals surface area contributed by atoms with E-state index >= 15 is 0 Å². The van der Waals surface area contributed by atoms with Crippen LogP contribution in [0.15, 0.2) is 0 Å². The van der Waals surface area contributed by atoms with Crippen molar-refractivity contribution >= 4 is 24.1 Å². The maximum atomic E-state index is 11.8. The van der Waals surface area contributed by atoms with Gasteiger partial charge in [0.15, 0.2) is 0 Å². The van der Waals surface area contributed by atoms with Crippen molar-refractivity contribution in [2.45, 2.75) is 65.5 Å². The smallest absolute Gasteiger partial charge is 0.375 e. The number of nitrogens with one attached hydrogen (secondary N) is 2. The second-order valence-corrected chi connectivity index (χ2v) is 7.25. The van der Waals surface area contributed by atoms with Crippen LogP contribution in [0.25, 0.3) is 0 Å². The number of amides is 2. The number of primary amides is 2. The van der Waals surface area contributed by atoms with Gasteiger partial charge in [-0.15, -0.1) is 0 Å². The van der Waals surface area contributed by atoms with Crippen LogP contribution in [-0.2, 0) is 19.1 Å². The number of carbonyl (C=O) groups excluding carboxylic acids is 4. The molecule has 0 aliphatic carbocycles. The largest absolute Gasteiger partial charge is 0.412 e. The normalized spacial score (nSPS) is 13.2. The van der Waals surface area contributed by atoms with Crippen molar-refractivity contribution in [3.63, 3.8) is 0 Å². The minimum atomic E-state index is -1.11. The Morgan fingerprint density at radius 3 is 1.25 bits per heavy atom. The van der Waals surface area contributed by atoms with Gasteiger partial charge in [-0.05, 0) is 37.8 Å². The second-order valence-electron chi connectivity index (χ2n) is 7.25. The first-order chi connectivity index (χ1) is 13.1. The number of esters is 2. The number of unbranched alkanes of at least 4 members (excludes halogenated alkanes) is 3. The lowest BCUT2D eigenvalue weighted by molar-refractivity contribution is -0.141. The summed E-state index contributed by atoms with van der Waals surface area (Å²) in [5, 5.41) is 6.16. The van der Waals surface area contributed by atoms with E-state index in [1.165, 1.54) is 0 Å². The van der Waals surface area contributed by atoms with Crippen LogP contribution < -0.4 is 22.1 Å². The molecule has 0 aromatic heterocycles. The van der Waals surface area contributed by atoms with Crippen molar-refractivity contribution in [1.82, 2.24) is 10.6 Å². The molecule has 0 aromatic rings. The molecule has 0 rings (SSSR count). The summed E-state index contributed by atoms with van der Waals surface area (Å²) in [6, 6.07) is -1.17. The Morgan fingerprint density at radius 1 is 0.679 bits per heavy atom. The summed E-state index contributed by atoms with van der Waals surface area (Å²) in [6.45, 7) is 8.59. The van der Waals surface area contributed by atoms with Gasteiger partial charge in [-0.3, -0.25) is 0 Å². The summed E-state index contributed by atoms with van der Waals surface area (Å²) >= 11 is 0. The van der Waals surface area contributed by atoms with Gasteiger partial charge >= 0.3 is 24.1 Å². The van der Waals surface area contributed by atoms with Gasteiger partial charge < -0.3 is 31.6 Å². The summed E-state index contributed by atoms with van der Waals surface area (Å²) in [5.74, 6) is -1.42. The third-order valence-electron chi connectivity index (χ3n) is 4.08. The predicted octanol–water partition coefficient (Wildman–Crippen LogP) is 1.02. The Kier molecular flexibility index (Phi) is 12.8. The zero-order valence-corrected chi connectivity index (χ0v) is 17.2. The molecule has 0 spiro atoms.